The topological polar surface area (TPSA) is 31.4 Å². The monoisotopic (exact) mass is 347 g/mol. The second-order valence-electron chi connectivity index (χ2n) is 3.47. The van der Waals surface area contributed by atoms with Crippen molar-refractivity contribution in [3.8, 4) is 16.7 Å². The van der Waals surface area contributed by atoms with Crippen molar-refractivity contribution < 1.29 is 9.47 Å². The van der Waals surface area contributed by atoms with Crippen LogP contribution >= 0.6 is 38.9 Å². The summed E-state index contributed by atoms with van der Waals surface area (Å²) in [5.74, 6) is 1.32. The van der Waals surface area contributed by atoms with Gasteiger partial charge in [0.1, 0.15) is 11.5 Å². The zero-order valence-corrected chi connectivity index (χ0v) is 12.8. The number of hydrogen-bond donors (Lipinski definition) is 0. The Kier molecular flexibility index (Phi) is 4.86. The van der Waals surface area contributed by atoms with Gasteiger partial charge < -0.3 is 9.47 Å². The second kappa shape index (κ2) is 6.41. The molecule has 0 N–H and O–H groups in total. The normalized spacial score (nSPS) is 10.4. The van der Waals surface area contributed by atoms with Gasteiger partial charge in [-0.2, -0.15) is 0 Å². The van der Waals surface area contributed by atoms with Gasteiger partial charge in [0.15, 0.2) is 0 Å². The highest BCUT2D eigenvalue weighted by Gasteiger charge is 2.06. The van der Waals surface area contributed by atoms with E-state index in [1.54, 1.807) is 18.3 Å². The molecule has 0 radical (unpaired) electrons. The smallest absolute Gasteiger partial charge is 0.279 e. The van der Waals surface area contributed by atoms with E-state index in [0.717, 1.165) is 10.2 Å². The summed E-state index contributed by atoms with van der Waals surface area (Å²) in [4.78, 5) is 4.09. The van der Waals surface area contributed by atoms with Gasteiger partial charge in [-0.25, -0.2) is 4.98 Å². The first kappa shape index (κ1) is 13.6. The van der Waals surface area contributed by atoms with E-state index in [4.69, 9.17) is 21.1 Å². The molecule has 0 saturated carbocycles. The molecular formula is C12H11BrClNO2S. The molecule has 1 aromatic carbocycles. The van der Waals surface area contributed by atoms with E-state index in [0.29, 0.717) is 28.3 Å². The lowest BCUT2D eigenvalue weighted by Gasteiger charge is -2.08. The average molecular weight is 349 g/mol. The van der Waals surface area contributed by atoms with Gasteiger partial charge in [-0.05, 0) is 34.5 Å². The predicted molar refractivity (Wildman–Crippen MR) is 77.1 cm³/mol. The van der Waals surface area contributed by atoms with Crippen molar-refractivity contribution in [2.75, 3.05) is 6.61 Å². The third kappa shape index (κ3) is 3.60. The number of rotatable bonds is 5. The molecule has 3 nitrogen and oxygen atoms in total. The Balaban J connectivity index is 2.08. The highest BCUT2D eigenvalue weighted by atomic mass is 79.9. The van der Waals surface area contributed by atoms with E-state index in [1.165, 1.54) is 11.3 Å². The molecule has 0 fully saturated rings. The van der Waals surface area contributed by atoms with E-state index in [1.807, 2.05) is 13.0 Å². The molecule has 96 valence electrons. The van der Waals surface area contributed by atoms with E-state index in [-0.39, 0.29) is 0 Å². The Hall–Kier alpha value is -0.780. The first-order valence-corrected chi connectivity index (χ1v) is 7.39. The standard InChI is InChI=1S/C12H11BrClNO2S/c1-2-5-16-10-4-3-8(6-9(10)14)17-12-15-7-11(13)18-12/h3-4,6-7H,2,5H2,1H3. The number of thiazole rings is 1. The van der Waals surface area contributed by atoms with Crippen LogP contribution in [0, 0.1) is 0 Å². The Morgan fingerprint density at radius 3 is 2.89 bits per heavy atom. The zero-order valence-electron chi connectivity index (χ0n) is 9.65. The van der Waals surface area contributed by atoms with Crippen molar-refractivity contribution in [3.05, 3.63) is 33.2 Å². The van der Waals surface area contributed by atoms with Gasteiger partial charge in [-0.1, -0.05) is 29.9 Å². The minimum absolute atomic E-state index is 0.538. The molecule has 2 aromatic rings. The van der Waals surface area contributed by atoms with Gasteiger partial charge in [-0.3, -0.25) is 0 Å². The van der Waals surface area contributed by atoms with Gasteiger partial charge in [-0.15, -0.1) is 0 Å². The molecule has 0 amide bonds. The molecule has 0 spiro atoms. The van der Waals surface area contributed by atoms with Crippen molar-refractivity contribution in [1.29, 1.82) is 0 Å². The number of benzene rings is 1. The van der Waals surface area contributed by atoms with Crippen LogP contribution in [0.5, 0.6) is 16.7 Å². The van der Waals surface area contributed by atoms with Crippen LogP contribution in [-0.2, 0) is 0 Å². The maximum absolute atomic E-state index is 6.11. The quantitative estimate of drug-likeness (QED) is 0.749. The van der Waals surface area contributed by atoms with Crippen LogP contribution in [-0.4, -0.2) is 11.6 Å². The molecule has 1 heterocycles. The van der Waals surface area contributed by atoms with Crippen LogP contribution in [0.1, 0.15) is 13.3 Å². The molecule has 0 aliphatic carbocycles. The summed E-state index contributed by atoms with van der Waals surface area (Å²) in [5, 5.41) is 1.11. The van der Waals surface area contributed by atoms with E-state index >= 15 is 0 Å². The lowest BCUT2D eigenvalue weighted by Crippen LogP contribution is -1.95. The predicted octanol–water partition coefficient (Wildman–Crippen LogP) is 5.14. The maximum Gasteiger partial charge on any atom is 0.279 e. The summed E-state index contributed by atoms with van der Waals surface area (Å²) >= 11 is 10.9. The number of halogens is 2. The molecule has 0 saturated heterocycles. The van der Waals surface area contributed by atoms with Crippen LogP contribution in [0.3, 0.4) is 0 Å². The van der Waals surface area contributed by atoms with E-state index < -0.39 is 0 Å². The van der Waals surface area contributed by atoms with Gasteiger partial charge in [0.25, 0.3) is 5.19 Å². The van der Waals surface area contributed by atoms with E-state index in [9.17, 15) is 0 Å². The summed E-state index contributed by atoms with van der Waals surface area (Å²) in [6, 6.07) is 5.34. The van der Waals surface area contributed by atoms with Crippen LogP contribution in [0.25, 0.3) is 0 Å². The fourth-order valence-electron chi connectivity index (χ4n) is 1.26. The largest absolute Gasteiger partial charge is 0.492 e. The number of hydrogen-bond acceptors (Lipinski definition) is 4. The minimum atomic E-state index is 0.538. The lowest BCUT2D eigenvalue weighted by molar-refractivity contribution is 0.317. The molecular weight excluding hydrogens is 338 g/mol. The summed E-state index contributed by atoms with van der Waals surface area (Å²) in [7, 11) is 0. The van der Waals surface area contributed by atoms with Crippen molar-refractivity contribution in [1.82, 2.24) is 4.98 Å². The van der Waals surface area contributed by atoms with Crippen LogP contribution < -0.4 is 9.47 Å². The molecule has 2 rings (SSSR count). The Labute approximate surface area is 123 Å². The van der Waals surface area contributed by atoms with Gasteiger partial charge in [0.05, 0.1) is 21.6 Å². The van der Waals surface area contributed by atoms with Crippen molar-refractivity contribution in [2.24, 2.45) is 0 Å². The molecule has 0 aliphatic heterocycles. The maximum atomic E-state index is 6.11. The summed E-state index contributed by atoms with van der Waals surface area (Å²) in [6.45, 7) is 2.70. The summed E-state index contributed by atoms with van der Waals surface area (Å²) in [6.07, 6.45) is 2.64. The third-order valence-electron chi connectivity index (χ3n) is 2.03. The number of ether oxygens (including phenoxy) is 2. The van der Waals surface area contributed by atoms with Gasteiger partial charge in [0, 0.05) is 6.07 Å². The Morgan fingerprint density at radius 2 is 2.28 bits per heavy atom. The highest BCUT2D eigenvalue weighted by molar-refractivity contribution is 9.11. The van der Waals surface area contributed by atoms with Crippen molar-refractivity contribution in [3.63, 3.8) is 0 Å². The molecule has 1 aromatic heterocycles. The highest BCUT2D eigenvalue weighted by Crippen LogP contribution is 2.33. The lowest BCUT2D eigenvalue weighted by atomic mass is 10.3. The first-order valence-electron chi connectivity index (χ1n) is 5.40. The molecule has 0 atom stereocenters. The fourth-order valence-corrected chi connectivity index (χ4v) is 2.52. The average Bonchev–Trinajstić information content (AvgIpc) is 2.74. The zero-order chi connectivity index (χ0) is 13.0. The van der Waals surface area contributed by atoms with E-state index in [2.05, 4.69) is 20.9 Å². The third-order valence-corrected chi connectivity index (χ3v) is 3.68. The SMILES string of the molecule is CCCOc1ccc(Oc2ncc(Br)s2)cc1Cl. The number of nitrogens with zero attached hydrogens (tertiary/aromatic N) is 1. The molecule has 0 aliphatic rings. The van der Waals surface area contributed by atoms with Gasteiger partial charge in [0.2, 0.25) is 0 Å². The Morgan fingerprint density at radius 1 is 1.44 bits per heavy atom. The van der Waals surface area contributed by atoms with Crippen molar-refractivity contribution in [2.45, 2.75) is 13.3 Å². The molecule has 0 bridgehead atoms. The summed E-state index contributed by atoms with van der Waals surface area (Å²) in [5.41, 5.74) is 0. The first-order chi connectivity index (χ1) is 8.69. The minimum Gasteiger partial charge on any atom is -0.492 e. The van der Waals surface area contributed by atoms with Crippen LogP contribution in [0.15, 0.2) is 28.2 Å². The van der Waals surface area contributed by atoms with Crippen molar-refractivity contribution >= 4 is 38.9 Å². The molecule has 0 unspecified atom stereocenters. The Bertz CT molecular complexity index is 533. The summed E-state index contributed by atoms with van der Waals surface area (Å²) < 4.78 is 12.0. The van der Waals surface area contributed by atoms with Crippen LogP contribution in [0.4, 0.5) is 0 Å². The molecule has 18 heavy (non-hydrogen) atoms. The van der Waals surface area contributed by atoms with Crippen LogP contribution in [0.2, 0.25) is 5.02 Å². The molecule has 6 heteroatoms. The van der Waals surface area contributed by atoms with Gasteiger partial charge >= 0.3 is 0 Å². The second-order valence-corrected chi connectivity index (χ2v) is 6.25. The fraction of sp³-hybridized carbons (Fsp3) is 0.250. The number of aromatic nitrogens is 1.